The number of carbonyl (C=O) groups is 1. The van der Waals surface area contributed by atoms with E-state index in [0.717, 1.165) is 0 Å². The van der Waals surface area contributed by atoms with E-state index in [1.165, 1.54) is 25.7 Å². The molecule has 1 aromatic heterocycles. The third-order valence-corrected chi connectivity index (χ3v) is 4.57. The number of nitrogens with two attached hydrogens (primary N) is 1. The number of aromatic nitrogens is 2. The van der Waals surface area contributed by atoms with Gasteiger partial charge >= 0.3 is 5.97 Å². The van der Waals surface area contributed by atoms with Gasteiger partial charge < -0.3 is 15.8 Å². The lowest BCUT2D eigenvalue weighted by Gasteiger charge is -2.09. The molecule has 104 valence electrons. The number of aliphatic carboxylic acids is 1. The lowest BCUT2D eigenvalue weighted by atomic mass is 10.2. The van der Waals surface area contributed by atoms with Crippen LogP contribution in [0.2, 0.25) is 0 Å². The smallest absolute Gasteiger partial charge is 0.308 e. The molecule has 0 radical (unpaired) electrons. The number of nitrogen functional groups attached to an aromatic ring is 1. The predicted octanol–water partition coefficient (Wildman–Crippen LogP) is 1.16. The number of rotatable bonds is 5. The summed E-state index contributed by atoms with van der Waals surface area (Å²) in [5, 5.41) is 9.32. The Morgan fingerprint density at radius 1 is 1.47 bits per heavy atom. The molecule has 0 saturated heterocycles. The topological polar surface area (TPSA) is 109 Å². The third-order valence-electron chi connectivity index (χ3n) is 3.18. The van der Waals surface area contributed by atoms with Gasteiger partial charge in [-0.3, -0.25) is 9.59 Å². The van der Waals surface area contributed by atoms with Crippen molar-refractivity contribution in [1.82, 2.24) is 9.97 Å². The van der Waals surface area contributed by atoms with Crippen LogP contribution in [0.3, 0.4) is 0 Å². The van der Waals surface area contributed by atoms with Crippen molar-refractivity contribution < 1.29 is 9.90 Å². The number of carboxylic acids is 1. The molecule has 0 unspecified atom stereocenters. The maximum Gasteiger partial charge on any atom is 0.308 e. The van der Waals surface area contributed by atoms with Crippen LogP contribution in [-0.2, 0) is 17.0 Å². The van der Waals surface area contributed by atoms with Crippen LogP contribution in [0.15, 0.2) is 4.79 Å². The Balaban J connectivity index is 2.06. The second-order valence-corrected chi connectivity index (χ2v) is 5.95. The lowest BCUT2D eigenvalue weighted by Crippen LogP contribution is -2.22. The van der Waals surface area contributed by atoms with Crippen LogP contribution in [-0.4, -0.2) is 26.3 Å². The minimum Gasteiger partial charge on any atom is -0.481 e. The van der Waals surface area contributed by atoms with E-state index >= 15 is 0 Å². The molecule has 0 atom stereocenters. The first-order valence-corrected chi connectivity index (χ1v) is 7.32. The molecular weight excluding hydrogens is 266 g/mol. The number of hydrogen-bond acceptors (Lipinski definition) is 5. The molecule has 6 nitrogen and oxygen atoms in total. The molecule has 1 heterocycles. The number of H-pyrrole nitrogens is 1. The fourth-order valence-corrected chi connectivity index (χ4v) is 3.40. The molecule has 0 aliphatic heterocycles. The summed E-state index contributed by atoms with van der Waals surface area (Å²) in [7, 11) is 0. The Hall–Kier alpha value is -1.50. The largest absolute Gasteiger partial charge is 0.481 e. The molecule has 1 aromatic rings. The molecule has 0 amide bonds. The van der Waals surface area contributed by atoms with Gasteiger partial charge in [0.15, 0.2) is 0 Å². The zero-order valence-electron chi connectivity index (χ0n) is 10.5. The molecule has 0 aromatic carbocycles. The third kappa shape index (κ3) is 3.73. The normalized spacial score (nSPS) is 15.8. The van der Waals surface area contributed by atoms with Crippen molar-refractivity contribution in [3.63, 3.8) is 0 Å². The van der Waals surface area contributed by atoms with Crippen molar-refractivity contribution in [1.29, 1.82) is 0 Å². The fraction of sp³-hybridized carbons (Fsp3) is 0.583. The summed E-state index contributed by atoms with van der Waals surface area (Å²) < 4.78 is 0. The van der Waals surface area contributed by atoms with Gasteiger partial charge in [0, 0.05) is 5.25 Å². The Labute approximate surface area is 114 Å². The highest BCUT2D eigenvalue weighted by atomic mass is 32.2. The van der Waals surface area contributed by atoms with Crippen molar-refractivity contribution in [2.24, 2.45) is 0 Å². The molecule has 7 heteroatoms. The van der Waals surface area contributed by atoms with Gasteiger partial charge in [-0.15, -0.1) is 0 Å². The van der Waals surface area contributed by atoms with Crippen molar-refractivity contribution in [3.05, 3.63) is 21.7 Å². The quantitative estimate of drug-likeness (QED) is 0.748. The minimum absolute atomic E-state index is 0.0215. The van der Waals surface area contributed by atoms with E-state index in [4.69, 9.17) is 10.8 Å². The first-order chi connectivity index (χ1) is 9.06. The first kappa shape index (κ1) is 13.9. The summed E-state index contributed by atoms with van der Waals surface area (Å²) in [5.74, 6) is 0.0612. The summed E-state index contributed by atoms with van der Waals surface area (Å²) in [6.45, 7) is 0. The van der Waals surface area contributed by atoms with Crippen molar-refractivity contribution in [2.45, 2.75) is 43.1 Å². The van der Waals surface area contributed by atoms with Gasteiger partial charge in [0.1, 0.15) is 11.6 Å². The number of nitrogens with zero attached hydrogens (tertiary/aromatic N) is 1. The van der Waals surface area contributed by atoms with Gasteiger partial charge in [-0.25, -0.2) is 4.98 Å². The molecule has 1 aliphatic carbocycles. The van der Waals surface area contributed by atoms with Crippen LogP contribution in [0.1, 0.15) is 37.1 Å². The summed E-state index contributed by atoms with van der Waals surface area (Å²) in [6.07, 6.45) is 4.55. The van der Waals surface area contributed by atoms with Crippen LogP contribution >= 0.6 is 11.8 Å². The van der Waals surface area contributed by atoms with Crippen LogP contribution in [0.4, 0.5) is 5.82 Å². The maximum atomic E-state index is 11.7. The van der Waals surface area contributed by atoms with Crippen LogP contribution < -0.4 is 11.3 Å². The number of thioether (sulfide) groups is 1. The van der Waals surface area contributed by atoms with Crippen molar-refractivity contribution >= 4 is 23.5 Å². The van der Waals surface area contributed by atoms with E-state index < -0.39 is 17.9 Å². The molecule has 0 bridgehead atoms. The van der Waals surface area contributed by atoms with Crippen LogP contribution in [0, 0.1) is 0 Å². The van der Waals surface area contributed by atoms with Crippen LogP contribution in [0.25, 0.3) is 0 Å². The van der Waals surface area contributed by atoms with Gasteiger partial charge in [-0.1, -0.05) is 12.8 Å². The molecule has 19 heavy (non-hydrogen) atoms. The Morgan fingerprint density at radius 3 is 2.74 bits per heavy atom. The van der Waals surface area contributed by atoms with E-state index in [1.54, 1.807) is 11.8 Å². The summed E-state index contributed by atoms with van der Waals surface area (Å²) in [4.78, 5) is 29.1. The average Bonchev–Trinajstić information content (AvgIpc) is 2.84. The molecule has 4 N–H and O–H groups in total. The minimum atomic E-state index is -1.09. The van der Waals surface area contributed by atoms with E-state index in [-0.39, 0.29) is 11.4 Å². The molecule has 1 fully saturated rings. The Kier molecular flexibility index (Phi) is 4.47. The number of hydrogen-bond donors (Lipinski definition) is 3. The molecule has 1 saturated carbocycles. The summed E-state index contributed by atoms with van der Waals surface area (Å²) in [5.41, 5.74) is 5.23. The predicted molar refractivity (Wildman–Crippen MR) is 74.2 cm³/mol. The first-order valence-electron chi connectivity index (χ1n) is 6.27. The standard InChI is InChI=1S/C12H17N3O3S/c13-11-8(5-10(16)17)12(18)15-9(14-11)6-19-7-3-1-2-4-7/h7H,1-6H2,(H,16,17)(H3,13,14,15,18). The van der Waals surface area contributed by atoms with Gasteiger partial charge in [0.2, 0.25) is 0 Å². The number of nitrogens with one attached hydrogen (secondary N) is 1. The van der Waals surface area contributed by atoms with Gasteiger partial charge in [-0.2, -0.15) is 11.8 Å². The second-order valence-electron chi connectivity index (χ2n) is 4.66. The lowest BCUT2D eigenvalue weighted by molar-refractivity contribution is -0.136. The van der Waals surface area contributed by atoms with Crippen LogP contribution in [0.5, 0.6) is 0 Å². The number of carboxylic acid groups (broad SMARTS) is 1. The van der Waals surface area contributed by atoms with E-state index in [9.17, 15) is 9.59 Å². The monoisotopic (exact) mass is 283 g/mol. The Morgan fingerprint density at radius 2 is 2.16 bits per heavy atom. The molecule has 0 spiro atoms. The molecule has 1 aliphatic rings. The molecule has 2 rings (SSSR count). The highest BCUT2D eigenvalue weighted by molar-refractivity contribution is 7.99. The number of anilines is 1. The van der Waals surface area contributed by atoms with Gasteiger partial charge in [0.25, 0.3) is 5.56 Å². The molecular formula is C12H17N3O3S. The second kappa shape index (κ2) is 6.10. The van der Waals surface area contributed by atoms with Gasteiger partial charge in [0.05, 0.1) is 17.7 Å². The van der Waals surface area contributed by atoms with Crippen molar-refractivity contribution in [2.75, 3.05) is 5.73 Å². The maximum absolute atomic E-state index is 11.7. The van der Waals surface area contributed by atoms with E-state index in [0.29, 0.717) is 16.8 Å². The highest BCUT2D eigenvalue weighted by Crippen LogP contribution is 2.30. The summed E-state index contributed by atoms with van der Waals surface area (Å²) >= 11 is 1.77. The number of aromatic amines is 1. The zero-order valence-corrected chi connectivity index (χ0v) is 11.3. The SMILES string of the molecule is Nc1nc(CSC2CCCC2)[nH]c(=O)c1CC(=O)O. The van der Waals surface area contributed by atoms with E-state index in [2.05, 4.69) is 9.97 Å². The highest BCUT2D eigenvalue weighted by Gasteiger charge is 2.17. The van der Waals surface area contributed by atoms with Crippen molar-refractivity contribution in [3.8, 4) is 0 Å². The summed E-state index contributed by atoms with van der Waals surface area (Å²) in [6, 6.07) is 0. The average molecular weight is 283 g/mol. The van der Waals surface area contributed by atoms with Gasteiger partial charge in [-0.05, 0) is 12.8 Å². The fourth-order valence-electron chi connectivity index (χ4n) is 2.21. The van der Waals surface area contributed by atoms with E-state index in [1.807, 2.05) is 0 Å². The zero-order chi connectivity index (χ0) is 13.8. The Bertz CT molecular complexity index is 523.